The number of esters is 1. The summed E-state index contributed by atoms with van der Waals surface area (Å²) in [4.78, 5) is 24.8. The molecular weight excluding hydrogens is 373 g/mol. The number of carbonyl (C=O) groups is 2. The van der Waals surface area contributed by atoms with Crippen molar-refractivity contribution in [2.24, 2.45) is 0 Å². The molecule has 0 heterocycles. The van der Waals surface area contributed by atoms with Crippen molar-refractivity contribution in [2.75, 3.05) is 25.7 Å². The highest BCUT2D eigenvalue weighted by atomic mass is 127. The van der Waals surface area contributed by atoms with Gasteiger partial charge in [-0.2, -0.15) is 0 Å². The molecule has 0 unspecified atom stereocenters. The van der Waals surface area contributed by atoms with Gasteiger partial charge in [-0.15, -0.1) is 0 Å². The molecule has 0 aliphatic rings. The van der Waals surface area contributed by atoms with Crippen LogP contribution in [0.5, 0.6) is 0 Å². The number of anilines is 1. The maximum Gasteiger partial charge on any atom is 0.414 e. The van der Waals surface area contributed by atoms with Crippen LogP contribution >= 0.6 is 22.6 Å². The van der Waals surface area contributed by atoms with Crippen LogP contribution in [0.1, 0.15) is 17.3 Å². The Bertz CT molecular complexity index is 542. The number of halogens is 1. The third-order valence-corrected chi connectivity index (χ3v) is 3.35. The first-order chi connectivity index (χ1) is 9.40. The minimum Gasteiger partial charge on any atom is -0.465 e. The Morgan fingerprint density at radius 3 is 2.40 bits per heavy atom. The van der Waals surface area contributed by atoms with Crippen LogP contribution in [0.3, 0.4) is 0 Å². The van der Waals surface area contributed by atoms with Crippen molar-refractivity contribution >= 4 is 40.3 Å². The predicted molar refractivity (Wildman–Crippen MR) is 85.1 cm³/mol. The van der Waals surface area contributed by atoms with Gasteiger partial charge in [0.2, 0.25) is 0 Å². The van der Waals surface area contributed by atoms with Gasteiger partial charge in [-0.25, -0.2) is 9.59 Å². The number of ether oxygens (including phenoxy) is 2. The van der Waals surface area contributed by atoms with Gasteiger partial charge in [-0.05, 0) is 47.7 Å². The van der Waals surface area contributed by atoms with Crippen molar-refractivity contribution in [2.45, 2.75) is 6.92 Å². The quantitative estimate of drug-likeness (QED) is 0.451. The number of nitrogens with zero attached hydrogens (tertiary/aromatic N) is 1. The molecule has 0 N–H and O–H groups in total. The molecule has 1 rings (SSSR count). The Labute approximate surface area is 131 Å². The summed E-state index contributed by atoms with van der Waals surface area (Å²) < 4.78 is 10.2. The molecule has 0 saturated heterocycles. The van der Waals surface area contributed by atoms with Gasteiger partial charge in [0, 0.05) is 10.1 Å². The van der Waals surface area contributed by atoms with Crippen molar-refractivity contribution in [1.82, 2.24) is 0 Å². The fourth-order valence-corrected chi connectivity index (χ4v) is 2.41. The zero-order valence-electron chi connectivity index (χ0n) is 11.6. The molecule has 0 atom stereocenters. The van der Waals surface area contributed by atoms with E-state index in [4.69, 9.17) is 4.74 Å². The number of rotatable bonds is 4. The Kier molecular flexibility index (Phi) is 6.00. The van der Waals surface area contributed by atoms with E-state index in [1.807, 2.05) is 6.92 Å². The van der Waals surface area contributed by atoms with Crippen molar-refractivity contribution < 1.29 is 19.1 Å². The van der Waals surface area contributed by atoms with Crippen molar-refractivity contribution in [3.63, 3.8) is 0 Å². The number of hydrogen-bond acceptors (Lipinski definition) is 4. The standard InChI is InChI=1S/C14H16INO4/c1-9(2)8-16(14(18)20-4)12-6-5-10(7-11(12)15)13(17)19-3/h5-7H,1,8H2,2-4H3. The lowest BCUT2D eigenvalue weighted by molar-refractivity contribution is 0.0600. The van der Waals surface area contributed by atoms with Gasteiger partial charge in [0.1, 0.15) is 0 Å². The summed E-state index contributed by atoms with van der Waals surface area (Å²) in [6.45, 7) is 5.97. The Balaban J connectivity index is 3.17. The first-order valence-electron chi connectivity index (χ1n) is 5.78. The monoisotopic (exact) mass is 389 g/mol. The second-order valence-corrected chi connectivity index (χ2v) is 5.33. The highest BCUT2D eigenvalue weighted by Gasteiger charge is 2.20. The molecule has 1 amide bonds. The van der Waals surface area contributed by atoms with Crippen LogP contribution in [-0.2, 0) is 9.47 Å². The second-order valence-electron chi connectivity index (χ2n) is 4.17. The molecule has 6 heteroatoms. The van der Waals surface area contributed by atoms with Gasteiger partial charge >= 0.3 is 12.1 Å². The van der Waals surface area contributed by atoms with E-state index in [-0.39, 0.29) is 0 Å². The molecule has 1 aromatic carbocycles. The van der Waals surface area contributed by atoms with E-state index in [2.05, 4.69) is 33.9 Å². The van der Waals surface area contributed by atoms with E-state index in [0.29, 0.717) is 17.8 Å². The van der Waals surface area contributed by atoms with E-state index < -0.39 is 12.1 Å². The molecule has 0 spiro atoms. The van der Waals surface area contributed by atoms with Gasteiger partial charge in [0.25, 0.3) is 0 Å². The second kappa shape index (κ2) is 7.28. The molecule has 0 radical (unpaired) electrons. The summed E-state index contributed by atoms with van der Waals surface area (Å²) >= 11 is 2.06. The topological polar surface area (TPSA) is 55.8 Å². The van der Waals surface area contributed by atoms with Gasteiger partial charge < -0.3 is 9.47 Å². The molecule has 0 aliphatic heterocycles. The summed E-state index contributed by atoms with van der Waals surface area (Å²) in [7, 11) is 2.65. The van der Waals surface area contributed by atoms with Crippen LogP contribution in [0.2, 0.25) is 0 Å². The first-order valence-corrected chi connectivity index (χ1v) is 6.86. The lowest BCUT2D eigenvalue weighted by Crippen LogP contribution is -2.32. The first kappa shape index (κ1) is 16.5. The van der Waals surface area contributed by atoms with Crippen molar-refractivity contribution in [1.29, 1.82) is 0 Å². The molecule has 0 saturated carbocycles. The van der Waals surface area contributed by atoms with Crippen LogP contribution in [0.15, 0.2) is 30.4 Å². The van der Waals surface area contributed by atoms with E-state index >= 15 is 0 Å². The minimum absolute atomic E-state index is 0.347. The van der Waals surface area contributed by atoms with E-state index in [1.165, 1.54) is 19.1 Å². The maximum absolute atomic E-state index is 11.8. The zero-order valence-corrected chi connectivity index (χ0v) is 13.8. The summed E-state index contributed by atoms with van der Waals surface area (Å²) in [5.41, 5.74) is 1.91. The molecule has 5 nitrogen and oxygen atoms in total. The molecule has 0 aromatic heterocycles. The summed E-state index contributed by atoms with van der Waals surface area (Å²) in [6.07, 6.45) is -0.475. The smallest absolute Gasteiger partial charge is 0.414 e. The van der Waals surface area contributed by atoms with Crippen LogP contribution in [0.4, 0.5) is 10.5 Å². The fourth-order valence-electron chi connectivity index (χ4n) is 1.60. The number of carbonyl (C=O) groups excluding carboxylic acids is 2. The van der Waals surface area contributed by atoms with Crippen LogP contribution in [0, 0.1) is 3.57 Å². The Morgan fingerprint density at radius 2 is 1.95 bits per heavy atom. The lowest BCUT2D eigenvalue weighted by Gasteiger charge is -2.22. The largest absolute Gasteiger partial charge is 0.465 e. The highest BCUT2D eigenvalue weighted by Crippen LogP contribution is 2.25. The van der Waals surface area contributed by atoms with E-state index in [1.54, 1.807) is 18.2 Å². The third kappa shape index (κ3) is 3.96. The average Bonchev–Trinajstić information content (AvgIpc) is 2.43. The number of benzene rings is 1. The highest BCUT2D eigenvalue weighted by molar-refractivity contribution is 14.1. The normalized spacial score (nSPS) is 9.80. The van der Waals surface area contributed by atoms with E-state index in [9.17, 15) is 9.59 Å². The number of hydrogen-bond donors (Lipinski definition) is 0. The molecule has 1 aromatic rings. The molecule has 0 aliphatic carbocycles. The van der Waals surface area contributed by atoms with Crippen LogP contribution in [0.25, 0.3) is 0 Å². The fraction of sp³-hybridized carbons (Fsp3) is 0.286. The molecular formula is C14H16INO4. The predicted octanol–water partition coefficient (Wildman–Crippen LogP) is 3.23. The summed E-state index contributed by atoms with van der Waals surface area (Å²) in [5, 5.41) is 0. The Morgan fingerprint density at radius 1 is 1.30 bits per heavy atom. The van der Waals surface area contributed by atoms with Crippen LogP contribution in [-0.4, -0.2) is 32.8 Å². The molecule has 0 fully saturated rings. The van der Waals surface area contributed by atoms with Gasteiger partial charge in [-0.1, -0.05) is 12.2 Å². The number of methoxy groups -OCH3 is 2. The lowest BCUT2D eigenvalue weighted by atomic mass is 10.2. The van der Waals surface area contributed by atoms with Crippen molar-refractivity contribution in [3.8, 4) is 0 Å². The number of amides is 1. The molecule has 108 valence electrons. The summed E-state index contributed by atoms with van der Waals surface area (Å²) in [5.74, 6) is -0.418. The van der Waals surface area contributed by atoms with Crippen LogP contribution < -0.4 is 4.90 Å². The average molecular weight is 389 g/mol. The Hall–Kier alpha value is -1.57. The molecule has 0 bridgehead atoms. The third-order valence-electron chi connectivity index (χ3n) is 2.48. The van der Waals surface area contributed by atoms with Crippen molar-refractivity contribution in [3.05, 3.63) is 39.5 Å². The SMILES string of the molecule is C=C(C)CN(C(=O)OC)c1ccc(C(=O)OC)cc1I. The summed E-state index contributed by atoms with van der Waals surface area (Å²) in [6, 6.07) is 4.96. The van der Waals surface area contributed by atoms with Gasteiger partial charge in [-0.3, -0.25) is 4.90 Å². The minimum atomic E-state index is -0.475. The maximum atomic E-state index is 11.8. The molecule has 20 heavy (non-hydrogen) atoms. The van der Waals surface area contributed by atoms with E-state index in [0.717, 1.165) is 9.14 Å². The van der Waals surface area contributed by atoms with Gasteiger partial charge in [0.05, 0.1) is 25.5 Å². The zero-order chi connectivity index (χ0) is 15.3. The van der Waals surface area contributed by atoms with Gasteiger partial charge in [0.15, 0.2) is 0 Å².